The molecule has 2 N–H and O–H groups in total. The molecule has 1 aliphatic carbocycles. The van der Waals surface area contributed by atoms with Gasteiger partial charge in [-0.15, -0.1) is 0 Å². The Morgan fingerprint density at radius 1 is 1.40 bits per heavy atom. The first-order chi connectivity index (χ1) is 9.63. The number of nitrogens with one attached hydrogen (secondary N) is 1. The van der Waals surface area contributed by atoms with Crippen LogP contribution in [0.15, 0.2) is 22.6 Å². The van der Waals surface area contributed by atoms with E-state index in [-0.39, 0.29) is 12.1 Å². The fraction of sp³-hybridized carbons (Fsp3) is 0.562. The van der Waals surface area contributed by atoms with Gasteiger partial charge in [0.15, 0.2) is 11.5 Å². The Morgan fingerprint density at radius 2 is 2.25 bits per heavy atom. The van der Waals surface area contributed by atoms with E-state index in [4.69, 9.17) is 4.42 Å². The van der Waals surface area contributed by atoms with Gasteiger partial charge in [-0.3, -0.25) is 0 Å². The fourth-order valence-corrected chi connectivity index (χ4v) is 2.78. The number of aliphatic hydroxyl groups excluding tert-OH is 1. The normalized spacial score (nSPS) is 23.0. The van der Waals surface area contributed by atoms with Crippen LogP contribution in [-0.4, -0.2) is 22.2 Å². The van der Waals surface area contributed by atoms with Gasteiger partial charge in [0, 0.05) is 18.5 Å². The number of hydrogen-bond acceptors (Lipinski definition) is 4. The van der Waals surface area contributed by atoms with Gasteiger partial charge in [0.25, 0.3) is 0 Å². The summed E-state index contributed by atoms with van der Waals surface area (Å²) >= 11 is 0. The summed E-state index contributed by atoms with van der Waals surface area (Å²) in [6.07, 6.45) is 2.89. The third kappa shape index (κ3) is 2.72. The Hall–Kier alpha value is -1.39. The van der Waals surface area contributed by atoms with Gasteiger partial charge in [-0.25, -0.2) is 4.98 Å². The quantitative estimate of drug-likeness (QED) is 0.900. The first kappa shape index (κ1) is 13.6. The van der Waals surface area contributed by atoms with Crippen molar-refractivity contribution in [3.63, 3.8) is 0 Å². The lowest BCUT2D eigenvalue weighted by Gasteiger charge is -2.16. The first-order valence-electron chi connectivity index (χ1n) is 7.44. The van der Waals surface area contributed by atoms with Gasteiger partial charge in [-0.05, 0) is 37.0 Å². The Balaban J connectivity index is 1.72. The zero-order valence-electron chi connectivity index (χ0n) is 12.1. The maximum atomic E-state index is 9.81. The monoisotopic (exact) mass is 274 g/mol. The van der Waals surface area contributed by atoms with Crippen molar-refractivity contribution in [1.82, 2.24) is 10.3 Å². The summed E-state index contributed by atoms with van der Waals surface area (Å²) in [6.45, 7) is 4.92. The van der Waals surface area contributed by atoms with E-state index in [1.165, 1.54) is 5.56 Å². The van der Waals surface area contributed by atoms with Crippen molar-refractivity contribution in [2.24, 2.45) is 0 Å². The second-order valence-electron chi connectivity index (χ2n) is 5.99. The molecule has 2 aromatic rings. The van der Waals surface area contributed by atoms with Crippen LogP contribution in [0.3, 0.4) is 0 Å². The highest BCUT2D eigenvalue weighted by Crippen LogP contribution is 2.23. The molecule has 4 nitrogen and oxygen atoms in total. The largest absolute Gasteiger partial charge is 0.440 e. The minimum atomic E-state index is -0.196. The topological polar surface area (TPSA) is 58.3 Å². The lowest BCUT2D eigenvalue weighted by atomic mass is 10.1. The molecule has 1 aliphatic rings. The van der Waals surface area contributed by atoms with E-state index in [0.29, 0.717) is 5.92 Å². The van der Waals surface area contributed by atoms with Gasteiger partial charge in [-0.2, -0.15) is 0 Å². The molecular formula is C16H22N2O2. The first-order valence-corrected chi connectivity index (χ1v) is 7.44. The molecule has 0 spiro atoms. The highest BCUT2D eigenvalue weighted by molar-refractivity contribution is 5.73. The maximum Gasteiger partial charge on any atom is 0.198 e. The van der Waals surface area contributed by atoms with Crippen LogP contribution in [0.1, 0.15) is 50.5 Å². The van der Waals surface area contributed by atoms with E-state index in [0.717, 1.165) is 42.8 Å². The minimum Gasteiger partial charge on any atom is -0.440 e. The summed E-state index contributed by atoms with van der Waals surface area (Å²) in [4.78, 5) is 4.52. The zero-order valence-corrected chi connectivity index (χ0v) is 12.1. The molecule has 1 aromatic heterocycles. The molecule has 20 heavy (non-hydrogen) atoms. The Morgan fingerprint density at radius 3 is 2.95 bits per heavy atom. The highest BCUT2D eigenvalue weighted by atomic mass is 16.3. The average Bonchev–Trinajstić information content (AvgIpc) is 3.01. The second kappa shape index (κ2) is 5.54. The SMILES string of the molecule is CC(C)c1nc2cc(CN[C@@H]3CCC[C@H]3O)ccc2o1. The van der Waals surface area contributed by atoms with Crippen molar-refractivity contribution in [3.8, 4) is 0 Å². The predicted molar refractivity (Wildman–Crippen MR) is 78.6 cm³/mol. The van der Waals surface area contributed by atoms with Gasteiger partial charge in [-0.1, -0.05) is 19.9 Å². The molecule has 1 fully saturated rings. The van der Waals surface area contributed by atoms with Gasteiger partial charge >= 0.3 is 0 Å². The van der Waals surface area contributed by atoms with Gasteiger partial charge in [0.1, 0.15) is 5.52 Å². The molecular weight excluding hydrogens is 252 g/mol. The van der Waals surface area contributed by atoms with Crippen LogP contribution in [-0.2, 0) is 6.54 Å². The molecule has 1 heterocycles. The average molecular weight is 274 g/mol. The number of benzene rings is 1. The molecule has 1 aromatic carbocycles. The minimum absolute atomic E-state index is 0.196. The summed E-state index contributed by atoms with van der Waals surface area (Å²) in [5.74, 6) is 1.09. The van der Waals surface area contributed by atoms with Crippen LogP contribution < -0.4 is 5.32 Å². The number of oxazole rings is 1. The van der Waals surface area contributed by atoms with Gasteiger partial charge in [0.05, 0.1) is 6.10 Å². The van der Waals surface area contributed by atoms with Crippen molar-refractivity contribution in [3.05, 3.63) is 29.7 Å². The van der Waals surface area contributed by atoms with Gasteiger partial charge in [0.2, 0.25) is 0 Å². The van der Waals surface area contributed by atoms with E-state index < -0.39 is 0 Å². The third-order valence-corrected chi connectivity index (χ3v) is 4.01. The number of fused-ring (bicyclic) bond motifs is 1. The Bertz CT molecular complexity index is 591. The number of rotatable bonds is 4. The molecule has 0 saturated heterocycles. The number of aromatic nitrogens is 1. The molecule has 0 bridgehead atoms. The number of aliphatic hydroxyl groups is 1. The van der Waals surface area contributed by atoms with E-state index in [1.807, 2.05) is 6.07 Å². The van der Waals surface area contributed by atoms with E-state index >= 15 is 0 Å². The summed E-state index contributed by atoms with van der Waals surface area (Å²) in [5, 5.41) is 13.2. The molecule has 108 valence electrons. The van der Waals surface area contributed by atoms with Crippen molar-refractivity contribution in [1.29, 1.82) is 0 Å². The van der Waals surface area contributed by atoms with Gasteiger partial charge < -0.3 is 14.8 Å². The molecule has 1 saturated carbocycles. The molecule has 3 rings (SSSR count). The molecule has 2 atom stereocenters. The smallest absolute Gasteiger partial charge is 0.198 e. The summed E-state index contributed by atoms with van der Waals surface area (Å²) in [6, 6.07) is 6.34. The fourth-order valence-electron chi connectivity index (χ4n) is 2.78. The lowest BCUT2D eigenvalue weighted by molar-refractivity contribution is 0.148. The maximum absolute atomic E-state index is 9.81. The van der Waals surface area contributed by atoms with E-state index in [2.05, 4.69) is 36.3 Å². The van der Waals surface area contributed by atoms with E-state index in [1.54, 1.807) is 0 Å². The number of nitrogens with zero attached hydrogens (tertiary/aromatic N) is 1. The summed E-state index contributed by atoms with van der Waals surface area (Å²) < 4.78 is 5.71. The van der Waals surface area contributed by atoms with Crippen LogP contribution in [0.4, 0.5) is 0 Å². The summed E-state index contributed by atoms with van der Waals surface area (Å²) in [7, 11) is 0. The Labute approximate surface area is 119 Å². The van der Waals surface area contributed by atoms with Crippen LogP contribution in [0.2, 0.25) is 0 Å². The lowest BCUT2D eigenvalue weighted by Crippen LogP contribution is -2.34. The van der Waals surface area contributed by atoms with Crippen LogP contribution in [0, 0.1) is 0 Å². The standard InChI is InChI=1S/C16H22N2O2/c1-10(2)16-18-13-8-11(6-7-15(13)20-16)9-17-12-4-3-5-14(12)19/h6-8,10,12,14,17,19H,3-5,9H2,1-2H3/t12-,14-/m1/s1. The molecule has 4 heteroatoms. The molecule has 0 aliphatic heterocycles. The van der Waals surface area contributed by atoms with Crippen LogP contribution in [0.25, 0.3) is 11.1 Å². The van der Waals surface area contributed by atoms with Crippen molar-refractivity contribution < 1.29 is 9.52 Å². The molecule has 0 radical (unpaired) electrons. The third-order valence-electron chi connectivity index (χ3n) is 4.01. The van der Waals surface area contributed by atoms with Crippen molar-refractivity contribution >= 4 is 11.1 Å². The molecule has 0 amide bonds. The van der Waals surface area contributed by atoms with Crippen molar-refractivity contribution in [2.75, 3.05) is 0 Å². The van der Waals surface area contributed by atoms with Crippen LogP contribution in [0.5, 0.6) is 0 Å². The second-order valence-corrected chi connectivity index (χ2v) is 5.99. The van der Waals surface area contributed by atoms with Crippen molar-refractivity contribution in [2.45, 2.75) is 57.7 Å². The Kier molecular flexibility index (Phi) is 3.76. The molecule has 0 unspecified atom stereocenters. The van der Waals surface area contributed by atoms with E-state index in [9.17, 15) is 5.11 Å². The van der Waals surface area contributed by atoms with Crippen LogP contribution >= 0.6 is 0 Å². The predicted octanol–water partition coefficient (Wildman–Crippen LogP) is 2.95. The highest BCUT2D eigenvalue weighted by Gasteiger charge is 2.24. The zero-order chi connectivity index (χ0) is 14.1. The number of hydrogen-bond donors (Lipinski definition) is 2. The summed E-state index contributed by atoms with van der Waals surface area (Å²) in [5.41, 5.74) is 2.94.